The third-order valence-corrected chi connectivity index (χ3v) is 1.86. The molecule has 80 valence electrons. The van der Waals surface area contributed by atoms with Gasteiger partial charge in [-0.05, 0) is 5.56 Å². The maximum Gasteiger partial charge on any atom is 0.238 e. The van der Waals surface area contributed by atoms with Crippen LogP contribution in [0.15, 0.2) is 30.3 Å². The van der Waals surface area contributed by atoms with E-state index in [9.17, 15) is 9.59 Å². The molecule has 1 N–H and O–H groups in total. The smallest absolute Gasteiger partial charge is 0.238 e. The van der Waals surface area contributed by atoms with Gasteiger partial charge in [-0.3, -0.25) is 15.0 Å². The quantitative estimate of drug-likeness (QED) is 0.736. The molecule has 0 aromatic heterocycles. The Morgan fingerprint density at radius 3 is 2.27 bits per heavy atom. The fraction of sp³-hybridized carbons (Fsp3) is 0.273. The van der Waals surface area contributed by atoms with Crippen molar-refractivity contribution in [3.8, 4) is 0 Å². The molecule has 1 aromatic rings. The first kappa shape index (κ1) is 11.2. The molecule has 0 saturated carbocycles. The lowest BCUT2D eigenvalue weighted by Crippen LogP contribution is -2.43. The molecule has 0 bridgehead atoms. The van der Waals surface area contributed by atoms with E-state index in [0.717, 1.165) is 5.56 Å². The van der Waals surface area contributed by atoms with Crippen molar-refractivity contribution < 1.29 is 9.59 Å². The first-order valence-electron chi connectivity index (χ1n) is 4.69. The number of amides is 2. The average Bonchev–Trinajstić information content (AvgIpc) is 2.17. The number of benzene rings is 1. The molecular formula is C11H14N2O2. The van der Waals surface area contributed by atoms with Crippen molar-refractivity contribution in [2.45, 2.75) is 20.4 Å². The summed E-state index contributed by atoms with van der Waals surface area (Å²) in [6.45, 7) is 3.18. The van der Waals surface area contributed by atoms with Gasteiger partial charge in [0.25, 0.3) is 0 Å². The molecule has 0 spiro atoms. The van der Waals surface area contributed by atoms with Crippen LogP contribution in [0.25, 0.3) is 0 Å². The maximum atomic E-state index is 11.2. The van der Waals surface area contributed by atoms with Crippen LogP contribution in [0.2, 0.25) is 0 Å². The van der Waals surface area contributed by atoms with E-state index in [0.29, 0.717) is 6.54 Å². The zero-order chi connectivity index (χ0) is 11.3. The van der Waals surface area contributed by atoms with E-state index < -0.39 is 0 Å². The molecule has 1 aromatic carbocycles. The molecule has 4 nitrogen and oxygen atoms in total. The zero-order valence-electron chi connectivity index (χ0n) is 8.86. The highest BCUT2D eigenvalue weighted by Crippen LogP contribution is 2.02. The number of carbonyl (C=O) groups is 2. The molecule has 0 heterocycles. The Morgan fingerprint density at radius 1 is 1.20 bits per heavy atom. The number of hydrogen-bond donors (Lipinski definition) is 1. The third kappa shape index (κ3) is 3.81. The lowest BCUT2D eigenvalue weighted by molar-refractivity contribution is -0.139. The molecule has 0 atom stereocenters. The molecule has 2 amide bonds. The Bertz CT molecular complexity index is 349. The summed E-state index contributed by atoms with van der Waals surface area (Å²) < 4.78 is 0. The summed E-state index contributed by atoms with van der Waals surface area (Å²) in [5.41, 5.74) is 3.45. The summed E-state index contributed by atoms with van der Waals surface area (Å²) in [6.07, 6.45) is 0. The predicted molar refractivity (Wildman–Crippen MR) is 56.5 cm³/mol. The Balaban J connectivity index is 2.67. The van der Waals surface area contributed by atoms with Gasteiger partial charge in [-0.2, -0.15) is 0 Å². The van der Waals surface area contributed by atoms with Crippen molar-refractivity contribution >= 4 is 11.8 Å². The fourth-order valence-corrected chi connectivity index (χ4v) is 1.19. The van der Waals surface area contributed by atoms with Gasteiger partial charge in [0.2, 0.25) is 11.8 Å². The maximum absolute atomic E-state index is 11.2. The first-order chi connectivity index (χ1) is 7.09. The van der Waals surface area contributed by atoms with E-state index in [-0.39, 0.29) is 11.8 Å². The summed E-state index contributed by atoms with van der Waals surface area (Å²) in [4.78, 5) is 22.0. The van der Waals surface area contributed by atoms with Gasteiger partial charge in [0.1, 0.15) is 0 Å². The topological polar surface area (TPSA) is 49.4 Å². The molecule has 0 unspecified atom stereocenters. The van der Waals surface area contributed by atoms with E-state index in [2.05, 4.69) is 5.43 Å². The molecule has 0 saturated heterocycles. The second-order valence-electron chi connectivity index (χ2n) is 3.26. The second kappa shape index (κ2) is 5.14. The van der Waals surface area contributed by atoms with E-state index in [4.69, 9.17) is 0 Å². The molecule has 0 fully saturated rings. The van der Waals surface area contributed by atoms with Crippen LogP contribution in [0, 0.1) is 0 Å². The summed E-state index contributed by atoms with van der Waals surface area (Å²) in [5.74, 6) is -0.435. The lowest BCUT2D eigenvalue weighted by atomic mass is 10.2. The number of rotatable bonds is 2. The molecule has 4 heteroatoms. The average molecular weight is 206 g/mol. The van der Waals surface area contributed by atoms with Crippen LogP contribution >= 0.6 is 0 Å². The number of nitrogens with one attached hydrogen (secondary N) is 1. The van der Waals surface area contributed by atoms with Crippen LogP contribution < -0.4 is 5.43 Å². The van der Waals surface area contributed by atoms with Crippen molar-refractivity contribution in [2.24, 2.45) is 0 Å². The molecule has 1 rings (SSSR count). The zero-order valence-corrected chi connectivity index (χ0v) is 8.86. The normalized spacial score (nSPS) is 9.47. The van der Waals surface area contributed by atoms with Crippen molar-refractivity contribution in [3.63, 3.8) is 0 Å². The highest BCUT2D eigenvalue weighted by molar-refractivity contribution is 5.79. The lowest BCUT2D eigenvalue weighted by Gasteiger charge is -2.20. The minimum Gasteiger partial charge on any atom is -0.274 e. The van der Waals surface area contributed by atoms with E-state index in [1.54, 1.807) is 0 Å². The molecule has 0 aliphatic heterocycles. The van der Waals surface area contributed by atoms with Gasteiger partial charge < -0.3 is 0 Å². The van der Waals surface area contributed by atoms with Crippen molar-refractivity contribution in [2.75, 3.05) is 0 Å². The molecule has 15 heavy (non-hydrogen) atoms. The Morgan fingerprint density at radius 2 is 1.80 bits per heavy atom. The van der Waals surface area contributed by atoms with Gasteiger partial charge in [0.05, 0.1) is 6.54 Å². The van der Waals surface area contributed by atoms with Gasteiger partial charge in [-0.15, -0.1) is 0 Å². The van der Waals surface area contributed by atoms with Crippen molar-refractivity contribution in [1.29, 1.82) is 0 Å². The van der Waals surface area contributed by atoms with Crippen LogP contribution in [0.5, 0.6) is 0 Å². The highest BCUT2D eigenvalue weighted by Gasteiger charge is 2.09. The first-order valence-corrected chi connectivity index (χ1v) is 4.69. The Hall–Kier alpha value is -1.84. The minimum absolute atomic E-state index is 0.186. The number of nitrogens with zero attached hydrogens (tertiary/aromatic N) is 1. The summed E-state index contributed by atoms with van der Waals surface area (Å²) in [5, 5.41) is 1.29. The van der Waals surface area contributed by atoms with Gasteiger partial charge >= 0.3 is 0 Å². The Kier molecular flexibility index (Phi) is 3.85. The van der Waals surface area contributed by atoms with E-state index >= 15 is 0 Å². The van der Waals surface area contributed by atoms with Crippen LogP contribution in [0.4, 0.5) is 0 Å². The van der Waals surface area contributed by atoms with E-state index in [1.165, 1.54) is 18.9 Å². The monoisotopic (exact) mass is 206 g/mol. The van der Waals surface area contributed by atoms with Gasteiger partial charge in [0.15, 0.2) is 0 Å². The molecule has 0 radical (unpaired) electrons. The van der Waals surface area contributed by atoms with Crippen LogP contribution in [-0.4, -0.2) is 16.8 Å². The van der Waals surface area contributed by atoms with Gasteiger partial charge in [0, 0.05) is 13.8 Å². The largest absolute Gasteiger partial charge is 0.274 e. The standard InChI is InChI=1S/C11H14N2O2/c1-9(14)12-13(10(2)15)8-11-6-4-3-5-7-11/h3-7H,8H2,1-2H3,(H,12,14). The number of carbonyl (C=O) groups excluding carboxylic acids is 2. The molecule has 0 aliphatic rings. The minimum atomic E-state index is -0.249. The van der Waals surface area contributed by atoms with Crippen LogP contribution in [0.3, 0.4) is 0 Å². The van der Waals surface area contributed by atoms with E-state index in [1.807, 2.05) is 30.3 Å². The van der Waals surface area contributed by atoms with Crippen molar-refractivity contribution in [3.05, 3.63) is 35.9 Å². The van der Waals surface area contributed by atoms with Gasteiger partial charge in [-0.25, -0.2) is 5.01 Å². The molecular weight excluding hydrogens is 192 g/mol. The van der Waals surface area contributed by atoms with Crippen molar-refractivity contribution in [1.82, 2.24) is 10.4 Å². The van der Waals surface area contributed by atoms with Gasteiger partial charge in [-0.1, -0.05) is 30.3 Å². The fourth-order valence-electron chi connectivity index (χ4n) is 1.19. The summed E-state index contributed by atoms with van der Waals surface area (Å²) in [6, 6.07) is 9.48. The number of hydrazine groups is 1. The second-order valence-corrected chi connectivity index (χ2v) is 3.26. The highest BCUT2D eigenvalue weighted by atomic mass is 16.2. The number of hydrogen-bond acceptors (Lipinski definition) is 2. The van der Waals surface area contributed by atoms with Crippen LogP contribution in [-0.2, 0) is 16.1 Å². The third-order valence-electron chi connectivity index (χ3n) is 1.86. The predicted octanol–water partition coefficient (Wildman–Crippen LogP) is 1.09. The Labute approximate surface area is 88.9 Å². The summed E-state index contributed by atoms with van der Waals surface area (Å²) in [7, 11) is 0. The SMILES string of the molecule is CC(=O)NN(Cc1ccccc1)C(C)=O. The van der Waals surface area contributed by atoms with Crippen LogP contribution in [0.1, 0.15) is 19.4 Å². The molecule has 0 aliphatic carbocycles. The summed E-state index contributed by atoms with van der Waals surface area (Å²) >= 11 is 0.